The third-order valence-electron chi connectivity index (χ3n) is 5.68. The van der Waals surface area contributed by atoms with Gasteiger partial charge in [-0.05, 0) is 41.5 Å². The smallest absolute Gasteiger partial charge is 0.303 e. The van der Waals surface area contributed by atoms with Gasteiger partial charge in [-0.3, -0.25) is 9.46 Å². The predicted octanol–water partition coefficient (Wildman–Crippen LogP) is 5.58. The van der Waals surface area contributed by atoms with E-state index in [9.17, 15) is 4.79 Å². The lowest BCUT2D eigenvalue weighted by molar-refractivity contribution is -0.144. The van der Waals surface area contributed by atoms with Crippen LogP contribution in [0.1, 0.15) is 31.7 Å². The van der Waals surface area contributed by atoms with Gasteiger partial charge in [-0.2, -0.15) is 0 Å². The number of rotatable bonds is 7. The van der Waals surface area contributed by atoms with Crippen molar-refractivity contribution in [3.05, 3.63) is 109 Å². The molecule has 0 aliphatic heterocycles. The van der Waals surface area contributed by atoms with Crippen LogP contribution in [-0.2, 0) is 16.1 Å². The number of hydrogen-bond acceptors (Lipinski definition) is 3. The molecule has 0 saturated carbocycles. The summed E-state index contributed by atoms with van der Waals surface area (Å²) in [7, 11) is -0.729. The Hall–Kier alpha value is -2.74. The first-order chi connectivity index (χ1) is 15.7. The standard InChI is InChI=1S/C28H30NO2P/c1-23(30)31-26-15-11-14-25(20-21-26)29(22-24-12-5-2-6-13-24)32(27-16-7-3-8-17-27)28-18-9-4-10-19-28/h2-10,12-13,16-21,25-26H,11,14-15,22H2,1H3/t25-,26+/m1/s1. The maximum absolute atomic E-state index is 11.5. The number of carbonyl (C=O) groups excluding carboxylic acids is 1. The highest BCUT2D eigenvalue weighted by atomic mass is 31.1. The maximum Gasteiger partial charge on any atom is 0.303 e. The van der Waals surface area contributed by atoms with Crippen molar-refractivity contribution in [2.75, 3.05) is 0 Å². The molecule has 0 spiro atoms. The average molecular weight is 444 g/mol. The Bertz CT molecular complexity index is 968. The number of ether oxygens (including phenoxy) is 1. The van der Waals surface area contributed by atoms with Crippen molar-refractivity contribution in [3.8, 4) is 0 Å². The maximum atomic E-state index is 11.5. The summed E-state index contributed by atoms with van der Waals surface area (Å²) in [4.78, 5) is 11.5. The molecular weight excluding hydrogens is 413 g/mol. The minimum atomic E-state index is -0.729. The van der Waals surface area contributed by atoms with Gasteiger partial charge in [0.2, 0.25) is 0 Å². The monoisotopic (exact) mass is 443 g/mol. The summed E-state index contributed by atoms with van der Waals surface area (Å²) in [6, 6.07) is 32.7. The van der Waals surface area contributed by atoms with E-state index in [1.165, 1.54) is 23.1 Å². The van der Waals surface area contributed by atoms with E-state index in [0.29, 0.717) is 0 Å². The minimum Gasteiger partial charge on any atom is -0.458 e. The van der Waals surface area contributed by atoms with Gasteiger partial charge in [0.15, 0.2) is 0 Å². The van der Waals surface area contributed by atoms with Crippen molar-refractivity contribution < 1.29 is 9.53 Å². The Morgan fingerprint density at radius 1 is 0.844 bits per heavy atom. The van der Waals surface area contributed by atoms with Crippen molar-refractivity contribution >= 4 is 24.7 Å². The van der Waals surface area contributed by atoms with Crippen LogP contribution in [-0.4, -0.2) is 22.8 Å². The summed E-state index contributed by atoms with van der Waals surface area (Å²) in [5, 5.41) is 2.69. The molecule has 0 amide bonds. The molecule has 0 heterocycles. The molecule has 3 aromatic carbocycles. The van der Waals surface area contributed by atoms with Crippen molar-refractivity contribution in [2.45, 2.75) is 44.9 Å². The molecule has 1 aliphatic carbocycles. The second kappa shape index (κ2) is 11.2. The van der Waals surface area contributed by atoms with Crippen molar-refractivity contribution in [1.82, 2.24) is 4.67 Å². The lowest BCUT2D eigenvalue weighted by Crippen LogP contribution is -2.35. The van der Waals surface area contributed by atoms with Gasteiger partial charge < -0.3 is 4.74 Å². The Kier molecular flexibility index (Phi) is 7.87. The molecular formula is C28H30NO2P. The fourth-order valence-corrected chi connectivity index (χ4v) is 6.82. The zero-order valence-electron chi connectivity index (χ0n) is 18.5. The first-order valence-electron chi connectivity index (χ1n) is 11.3. The van der Waals surface area contributed by atoms with Gasteiger partial charge in [-0.1, -0.05) is 97.1 Å². The van der Waals surface area contributed by atoms with Gasteiger partial charge in [-0.25, -0.2) is 0 Å². The van der Waals surface area contributed by atoms with Crippen LogP contribution in [0.25, 0.3) is 0 Å². The van der Waals surface area contributed by atoms with E-state index in [1.54, 1.807) is 0 Å². The lowest BCUT2D eigenvalue weighted by Gasteiger charge is -2.37. The van der Waals surface area contributed by atoms with Crippen molar-refractivity contribution in [1.29, 1.82) is 0 Å². The molecule has 1 aliphatic rings. The fourth-order valence-electron chi connectivity index (χ4n) is 4.22. The molecule has 32 heavy (non-hydrogen) atoms. The Morgan fingerprint density at radius 3 is 1.97 bits per heavy atom. The van der Waals surface area contributed by atoms with Crippen LogP contribution in [0.2, 0.25) is 0 Å². The normalized spacial score (nSPS) is 18.5. The largest absolute Gasteiger partial charge is 0.458 e. The van der Waals surface area contributed by atoms with E-state index in [1.807, 2.05) is 0 Å². The number of hydrogen-bond donors (Lipinski definition) is 0. The molecule has 0 aromatic heterocycles. The second-order valence-electron chi connectivity index (χ2n) is 8.10. The van der Waals surface area contributed by atoms with Crippen molar-refractivity contribution in [3.63, 3.8) is 0 Å². The van der Waals surface area contributed by atoms with Crippen LogP contribution in [0.3, 0.4) is 0 Å². The molecule has 0 N–H and O–H groups in total. The van der Waals surface area contributed by atoms with E-state index < -0.39 is 8.07 Å². The summed E-state index contributed by atoms with van der Waals surface area (Å²) >= 11 is 0. The van der Waals surface area contributed by atoms with Crippen LogP contribution in [0.5, 0.6) is 0 Å². The van der Waals surface area contributed by atoms with E-state index in [4.69, 9.17) is 4.74 Å². The summed E-state index contributed by atoms with van der Waals surface area (Å²) in [5.41, 5.74) is 1.31. The average Bonchev–Trinajstić information content (AvgIpc) is 3.06. The van der Waals surface area contributed by atoms with E-state index >= 15 is 0 Å². The Morgan fingerprint density at radius 2 is 1.41 bits per heavy atom. The summed E-state index contributed by atoms with van der Waals surface area (Å²) < 4.78 is 8.16. The summed E-state index contributed by atoms with van der Waals surface area (Å²) in [5.74, 6) is -0.213. The molecule has 2 atom stereocenters. The zero-order valence-corrected chi connectivity index (χ0v) is 19.4. The molecule has 164 valence electrons. The van der Waals surface area contributed by atoms with Gasteiger partial charge in [0.05, 0.1) is 0 Å². The van der Waals surface area contributed by atoms with Gasteiger partial charge in [-0.15, -0.1) is 0 Å². The molecule has 0 fully saturated rings. The van der Waals surface area contributed by atoms with Gasteiger partial charge >= 0.3 is 5.97 Å². The topological polar surface area (TPSA) is 29.5 Å². The van der Waals surface area contributed by atoms with Crippen LogP contribution in [0.15, 0.2) is 103 Å². The first kappa shape index (κ1) is 22.5. The Labute approximate surface area is 192 Å². The number of nitrogens with zero attached hydrogens (tertiary/aromatic N) is 1. The van der Waals surface area contributed by atoms with Gasteiger partial charge in [0.25, 0.3) is 0 Å². The second-order valence-corrected chi connectivity index (χ2v) is 10.3. The lowest BCUT2D eigenvalue weighted by atomic mass is 10.1. The zero-order chi connectivity index (χ0) is 22.2. The van der Waals surface area contributed by atoms with Crippen molar-refractivity contribution in [2.24, 2.45) is 0 Å². The van der Waals surface area contributed by atoms with Crippen LogP contribution in [0.4, 0.5) is 0 Å². The Balaban J connectivity index is 1.74. The number of carbonyl (C=O) groups is 1. The third kappa shape index (κ3) is 5.94. The molecule has 4 heteroatoms. The molecule has 0 bridgehead atoms. The molecule has 0 radical (unpaired) electrons. The fraction of sp³-hybridized carbons (Fsp3) is 0.250. The first-order valence-corrected chi connectivity index (χ1v) is 12.6. The summed E-state index contributed by atoms with van der Waals surface area (Å²) in [6.45, 7) is 2.35. The molecule has 3 nitrogen and oxygen atoms in total. The molecule has 4 rings (SSSR count). The predicted molar refractivity (Wildman–Crippen MR) is 133 cm³/mol. The summed E-state index contributed by atoms with van der Waals surface area (Å²) in [6.07, 6.45) is 7.18. The van der Waals surface area contributed by atoms with Gasteiger partial charge in [0.1, 0.15) is 6.10 Å². The van der Waals surface area contributed by atoms with Gasteiger partial charge in [0, 0.05) is 27.6 Å². The highest BCUT2D eigenvalue weighted by molar-refractivity contribution is 7.70. The minimum absolute atomic E-state index is 0.129. The van der Waals surface area contributed by atoms with Crippen LogP contribution >= 0.6 is 8.07 Å². The third-order valence-corrected chi connectivity index (χ3v) is 8.21. The number of benzene rings is 3. The van der Waals surface area contributed by atoms with E-state index in [2.05, 4.69) is 108 Å². The SMILES string of the molecule is CC(=O)O[C@@H]1C=C[C@H](N(Cc2ccccc2)P(c2ccccc2)c2ccccc2)CCC1. The molecule has 3 aromatic rings. The van der Waals surface area contributed by atoms with E-state index in [0.717, 1.165) is 25.8 Å². The molecule has 0 saturated heterocycles. The van der Waals surface area contributed by atoms with E-state index in [-0.39, 0.29) is 18.1 Å². The quantitative estimate of drug-likeness (QED) is 0.271. The van der Waals surface area contributed by atoms with Crippen LogP contribution in [0, 0.1) is 0 Å². The number of esters is 1. The highest BCUT2D eigenvalue weighted by Crippen LogP contribution is 2.43. The van der Waals surface area contributed by atoms with Crippen LogP contribution < -0.4 is 10.6 Å². The highest BCUT2D eigenvalue weighted by Gasteiger charge is 2.29. The molecule has 0 unspecified atom stereocenters.